The summed E-state index contributed by atoms with van der Waals surface area (Å²) in [6, 6.07) is 0.612. The maximum absolute atomic E-state index is 11.7. The lowest BCUT2D eigenvalue weighted by molar-refractivity contribution is -0.147. The van der Waals surface area contributed by atoms with Crippen molar-refractivity contribution < 1.29 is 9.53 Å². The van der Waals surface area contributed by atoms with Gasteiger partial charge in [-0.2, -0.15) is 0 Å². The van der Waals surface area contributed by atoms with Crippen LogP contribution in [0, 0.1) is 0 Å². The summed E-state index contributed by atoms with van der Waals surface area (Å²) in [6.07, 6.45) is 4.47. The molecule has 92 valence electrons. The highest BCUT2D eigenvalue weighted by Gasteiger charge is 2.36. The topological polar surface area (TPSA) is 32.8 Å². The molecule has 16 heavy (non-hydrogen) atoms. The molecule has 0 radical (unpaired) electrons. The van der Waals surface area contributed by atoms with Gasteiger partial charge in [0.25, 0.3) is 0 Å². The maximum Gasteiger partial charge on any atom is 0.323 e. The first kappa shape index (κ1) is 11.9. The predicted octanol–water partition coefficient (Wildman–Crippen LogP) is 0.718. The Balaban J connectivity index is 1.94. The number of carbonyl (C=O) groups is 1. The SMILES string of the molecule is COC(=O)[C@@H]1CCCN1C1CCN(C)CC1. The Morgan fingerprint density at radius 1 is 1.19 bits per heavy atom. The summed E-state index contributed by atoms with van der Waals surface area (Å²) >= 11 is 0. The molecule has 0 aromatic heterocycles. The molecular formula is C12H22N2O2. The van der Waals surface area contributed by atoms with Gasteiger partial charge in [-0.15, -0.1) is 0 Å². The van der Waals surface area contributed by atoms with Crippen LogP contribution in [-0.4, -0.2) is 61.6 Å². The molecule has 0 amide bonds. The van der Waals surface area contributed by atoms with Gasteiger partial charge in [0.15, 0.2) is 0 Å². The van der Waals surface area contributed by atoms with E-state index in [-0.39, 0.29) is 12.0 Å². The second-order valence-corrected chi connectivity index (χ2v) is 4.95. The van der Waals surface area contributed by atoms with Crippen LogP contribution in [0.5, 0.6) is 0 Å². The number of ether oxygens (including phenoxy) is 1. The molecule has 2 saturated heterocycles. The van der Waals surface area contributed by atoms with Gasteiger partial charge in [0.05, 0.1) is 7.11 Å². The predicted molar refractivity (Wildman–Crippen MR) is 62.3 cm³/mol. The molecule has 2 heterocycles. The molecule has 2 fully saturated rings. The lowest BCUT2D eigenvalue weighted by Gasteiger charge is -2.37. The zero-order valence-corrected chi connectivity index (χ0v) is 10.3. The molecule has 2 aliphatic heterocycles. The van der Waals surface area contributed by atoms with E-state index in [1.807, 2.05) is 0 Å². The highest BCUT2D eigenvalue weighted by Crippen LogP contribution is 2.26. The van der Waals surface area contributed by atoms with Crippen LogP contribution in [0.1, 0.15) is 25.7 Å². The van der Waals surface area contributed by atoms with Crippen molar-refractivity contribution in [3.8, 4) is 0 Å². The Morgan fingerprint density at radius 3 is 2.50 bits per heavy atom. The first-order valence-corrected chi connectivity index (χ1v) is 6.24. The van der Waals surface area contributed by atoms with Gasteiger partial charge in [-0.05, 0) is 52.4 Å². The van der Waals surface area contributed by atoms with Gasteiger partial charge >= 0.3 is 5.97 Å². The Hall–Kier alpha value is -0.610. The number of piperidine rings is 1. The standard InChI is InChI=1S/C12H22N2O2/c1-13-8-5-10(6-9-13)14-7-3-4-11(14)12(15)16-2/h10-11H,3-9H2,1-2H3/t11-/m0/s1. The highest BCUT2D eigenvalue weighted by atomic mass is 16.5. The molecule has 4 heteroatoms. The fourth-order valence-corrected chi connectivity index (χ4v) is 2.94. The largest absolute Gasteiger partial charge is 0.468 e. The lowest BCUT2D eigenvalue weighted by Crippen LogP contribution is -2.48. The molecule has 0 N–H and O–H groups in total. The summed E-state index contributed by atoms with van der Waals surface area (Å²) in [5.41, 5.74) is 0. The molecule has 0 spiro atoms. The van der Waals surface area contributed by atoms with Crippen LogP contribution < -0.4 is 0 Å². The summed E-state index contributed by atoms with van der Waals surface area (Å²) in [7, 11) is 3.66. The van der Waals surface area contributed by atoms with E-state index in [4.69, 9.17) is 4.74 Å². The number of esters is 1. The van der Waals surface area contributed by atoms with Crippen molar-refractivity contribution >= 4 is 5.97 Å². The zero-order chi connectivity index (χ0) is 11.5. The number of methoxy groups -OCH3 is 1. The molecule has 1 atom stereocenters. The molecule has 0 aromatic rings. The van der Waals surface area contributed by atoms with E-state index in [1.54, 1.807) is 0 Å². The van der Waals surface area contributed by atoms with Crippen molar-refractivity contribution in [3.05, 3.63) is 0 Å². The van der Waals surface area contributed by atoms with E-state index in [0.717, 1.165) is 32.5 Å². The van der Waals surface area contributed by atoms with Crippen LogP contribution in [0.25, 0.3) is 0 Å². The molecule has 0 saturated carbocycles. The third-order valence-corrected chi connectivity index (χ3v) is 3.92. The van der Waals surface area contributed by atoms with E-state index in [9.17, 15) is 4.79 Å². The van der Waals surface area contributed by atoms with E-state index in [0.29, 0.717) is 6.04 Å². The highest BCUT2D eigenvalue weighted by molar-refractivity contribution is 5.76. The van der Waals surface area contributed by atoms with Crippen LogP contribution in [-0.2, 0) is 9.53 Å². The third-order valence-electron chi connectivity index (χ3n) is 3.92. The molecule has 2 rings (SSSR count). The minimum Gasteiger partial charge on any atom is -0.468 e. The maximum atomic E-state index is 11.7. The van der Waals surface area contributed by atoms with Gasteiger partial charge in [0.1, 0.15) is 6.04 Å². The second kappa shape index (κ2) is 5.15. The van der Waals surface area contributed by atoms with Gasteiger partial charge in [-0.25, -0.2) is 0 Å². The van der Waals surface area contributed by atoms with E-state index < -0.39 is 0 Å². The summed E-state index contributed by atoms with van der Waals surface area (Å²) < 4.78 is 4.89. The number of carbonyl (C=O) groups excluding carboxylic acids is 1. The quantitative estimate of drug-likeness (QED) is 0.650. The number of nitrogens with zero attached hydrogens (tertiary/aromatic N) is 2. The normalized spacial score (nSPS) is 29.5. The van der Waals surface area contributed by atoms with Gasteiger partial charge in [-0.1, -0.05) is 0 Å². The average Bonchev–Trinajstić information content (AvgIpc) is 2.78. The molecule has 0 aromatic carbocycles. The number of rotatable bonds is 2. The van der Waals surface area contributed by atoms with Crippen molar-refractivity contribution in [2.75, 3.05) is 33.8 Å². The van der Waals surface area contributed by atoms with Crippen LogP contribution in [0.3, 0.4) is 0 Å². The first-order valence-electron chi connectivity index (χ1n) is 6.24. The molecular weight excluding hydrogens is 204 g/mol. The smallest absolute Gasteiger partial charge is 0.323 e. The Morgan fingerprint density at radius 2 is 1.88 bits per heavy atom. The summed E-state index contributed by atoms with van der Waals surface area (Å²) in [5.74, 6) is -0.0450. The van der Waals surface area contributed by atoms with E-state index in [1.165, 1.54) is 20.0 Å². The average molecular weight is 226 g/mol. The fraction of sp³-hybridized carbons (Fsp3) is 0.917. The summed E-state index contributed by atoms with van der Waals surface area (Å²) in [4.78, 5) is 16.4. The van der Waals surface area contributed by atoms with Gasteiger partial charge in [0.2, 0.25) is 0 Å². The lowest BCUT2D eigenvalue weighted by atomic mass is 10.0. The van der Waals surface area contributed by atoms with Crippen molar-refractivity contribution in [3.63, 3.8) is 0 Å². The molecule has 0 aliphatic carbocycles. The monoisotopic (exact) mass is 226 g/mol. The number of likely N-dealkylation sites (tertiary alicyclic amines) is 2. The Kier molecular flexibility index (Phi) is 3.82. The van der Waals surface area contributed by atoms with Crippen molar-refractivity contribution in [2.45, 2.75) is 37.8 Å². The molecule has 2 aliphatic rings. The molecule has 4 nitrogen and oxygen atoms in total. The van der Waals surface area contributed by atoms with E-state index >= 15 is 0 Å². The minimum atomic E-state index is -0.0450. The Labute approximate surface area is 97.5 Å². The van der Waals surface area contributed by atoms with Crippen molar-refractivity contribution in [1.29, 1.82) is 0 Å². The second-order valence-electron chi connectivity index (χ2n) is 4.95. The van der Waals surface area contributed by atoms with Gasteiger partial charge in [-0.3, -0.25) is 9.69 Å². The van der Waals surface area contributed by atoms with Crippen LogP contribution in [0.4, 0.5) is 0 Å². The van der Waals surface area contributed by atoms with Crippen molar-refractivity contribution in [2.24, 2.45) is 0 Å². The summed E-state index contributed by atoms with van der Waals surface area (Å²) in [5, 5.41) is 0. The first-order chi connectivity index (χ1) is 7.72. The summed E-state index contributed by atoms with van der Waals surface area (Å²) in [6.45, 7) is 3.36. The van der Waals surface area contributed by atoms with Crippen LogP contribution in [0.2, 0.25) is 0 Å². The fourth-order valence-electron chi connectivity index (χ4n) is 2.94. The van der Waals surface area contributed by atoms with Crippen molar-refractivity contribution in [1.82, 2.24) is 9.80 Å². The Bertz CT molecular complexity index is 249. The van der Waals surface area contributed by atoms with Gasteiger partial charge in [0, 0.05) is 6.04 Å². The number of hydrogen-bond acceptors (Lipinski definition) is 4. The minimum absolute atomic E-state index is 0.0263. The molecule has 0 bridgehead atoms. The third kappa shape index (κ3) is 2.38. The van der Waals surface area contributed by atoms with E-state index in [2.05, 4.69) is 16.8 Å². The van der Waals surface area contributed by atoms with Crippen LogP contribution in [0.15, 0.2) is 0 Å². The van der Waals surface area contributed by atoms with Gasteiger partial charge < -0.3 is 9.64 Å². The number of hydrogen-bond donors (Lipinski definition) is 0. The van der Waals surface area contributed by atoms with Crippen LogP contribution >= 0.6 is 0 Å². The molecule has 0 unspecified atom stereocenters. The zero-order valence-electron chi connectivity index (χ0n) is 10.3.